The van der Waals surface area contributed by atoms with Gasteiger partial charge in [-0.15, -0.1) is 0 Å². The highest BCUT2D eigenvalue weighted by molar-refractivity contribution is 7.87. The molecule has 0 saturated carbocycles. The van der Waals surface area contributed by atoms with Crippen molar-refractivity contribution in [2.45, 2.75) is 82.2 Å². The maximum absolute atomic E-state index is 13.6. The van der Waals surface area contributed by atoms with Gasteiger partial charge < -0.3 is 23.8 Å². The molecule has 1 aliphatic carbocycles. The molecule has 4 aromatic carbocycles. The molecule has 3 aliphatic heterocycles. The predicted molar refractivity (Wildman–Crippen MR) is 271 cm³/mol. The van der Waals surface area contributed by atoms with Crippen molar-refractivity contribution in [3.63, 3.8) is 0 Å². The highest BCUT2D eigenvalue weighted by atomic mass is 35.5. The standard InChI is InChI=1S/C54H52ClN2O14S2/c1-51(2)68-47(58)53(5,48(59)69-51)30-66-72(62,63)44-16-10-14-36-38-24-22-34(56(7)42(38)28-26-40(36)44)20-18-32-12-9-13-33(46(32)55)19-21-35-23-25-39-37-15-11-17-45(41(37)27-29-43(39)57(35)8)73(64,65)67-31-54(6)49(60)70-52(3,4)71-50(54)61/h10-11,14-29H,9,12-13,30-31H2,1-8H3/q+1. The first kappa shape index (κ1) is 51.2. The second kappa shape index (κ2) is 18.3. The number of halogens is 1. The van der Waals surface area contributed by atoms with Crippen molar-refractivity contribution < 1.29 is 67.9 Å². The van der Waals surface area contributed by atoms with Crippen LogP contribution in [0.15, 0.2) is 129 Å². The molecule has 2 saturated heterocycles. The second-order valence-corrected chi connectivity index (χ2v) is 23.2. The Labute approximate surface area is 427 Å². The number of pyridine rings is 1. The molecular weight excluding hydrogens is 1000 g/mol. The van der Waals surface area contributed by atoms with E-state index in [1.54, 1.807) is 24.3 Å². The van der Waals surface area contributed by atoms with Gasteiger partial charge in [0.25, 0.3) is 31.8 Å². The average Bonchev–Trinajstić information content (AvgIpc) is 3.33. The van der Waals surface area contributed by atoms with Crippen LogP contribution in [0.3, 0.4) is 0 Å². The molecule has 0 N–H and O–H groups in total. The van der Waals surface area contributed by atoms with E-state index in [-0.39, 0.29) is 9.79 Å². The number of nitrogens with zero attached hydrogens (tertiary/aromatic N) is 2. The van der Waals surface area contributed by atoms with E-state index in [1.807, 2.05) is 96.4 Å². The number of aryl methyl sites for hydroxylation is 1. The van der Waals surface area contributed by atoms with Gasteiger partial charge >= 0.3 is 23.9 Å². The zero-order valence-electron chi connectivity index (χ0n) is 41.2. The Bertz CT molecular complexity index is 3610. The van der Waals surface area contributed by atoms with Gasteiger partial charge in [-0.1, -0.05) is 60.2 Å². The maximum atomic E-state index is 13.6. The van der Waals surface area contributed by atoms with Gasteiger partial charge in [-0.2, -0.15) is 21.4 Å². The largest absolute Gasteiger partial charge is 0.422 e. The number of esters is 4. The van der Waals surface area contributed by atoms with Crippen LogP contribution in [-0.4, -0.2) is 72.5 Å². The topological polar surface area (TPSA) is 199 Å². The Kier molecular flexibility index (Phi) is 12.9. The van der Waals surface area contributed by atoms with Gasteiger partial charge in [0, 0.05) is 85.7 Å². The lowest BCUT2D eigenvalue weighted by molar-refractivity contribution is -0.646. The minimum atomic E-state index is -4.47. The first-order chi connectivity index (χ1) is 34.3. The van der Waals surface area contributed by atoms with Gasteiger partial charge in [-0.05, 0) is 97.5 Å². The van der Waals surface area contributed by atoms with Crippen LogP contribution in [0.25, 0.3) is 44.6 Å². The molecule has 380 valence electrons. The van der Waals surface area contributed by atoms with Crippen molar-refractivity contribution in [2.24, 2.45) is 17.9 Å². The minimum absolute atomic E-state index is 0.126. The molecule has 0 unspecified atom stereocenters. The normalized spacial score (nSPS) is 20.7. The van der Waals surface area contributed by atoms with Crippen LogP contribution in [0, 0.1) is 10.8 Å². The summed E-state index contributed by atoms with van der Waals surface area (Å²) in [4.78, 5) is 52.8. The Morgan fingerprint density at radius 1 is 0.630 bits per heavy atom. The van der Waals surface area contributed by atoms with Gasteiger partial charge in [0.05, 0.1) is 18.6 Å². The van der Waals surface area contributed by atoms with Crippen molar-refractivity contribution in [3.05, 3.63) is 130 Å². The summed E-state index contributed by atoms with van der Waals surface area (Å²) in [6.45, 7) is 6.45. The number of aromatic nitrogens is 1. The lowest BCUT2D eigenvalue weighted by atomic mass is 9.91. The molecule has 0 radical (unpaired) electrons. The zero-order chi connectivity index (χ0) is 52.6. The van der Waals surface area contributed by atoms with Gasteiger partial charge in [0.15, 0.2) is 10.8 Å². The number of hydrogen-bond donors (Lipinski definition) is 0. The summed E-state index contributed by atoms with van der Waals surface area (Å²) in [6.07, 6.45) is 14.3. The Morgan fingerprint density at radius 3 is 1.73 bits per heavy atom. The van der Waals surface area contributed by atoms with Crippen molar-refractivity contribution in [1.29, 1.82) is 0 Å². The van der Waals surface area contributed by atoms with Gasteiger partial charge in [-0.3, -0.25) is 27.5 Å². The van der Waals surface area contributed by atoms with E-state index in [4.69, 9.17) is 38.9 Å². The SMILES string of the molecule is CN1C(=CC=C2CCCC(C=Cc3ccc4c5cccc(S(=O)(=O)OCC6(C)C(=O)OC(C)(C)OC6=O)c5ccc4[n+]3C)=C2Cl)C=Cc2c1ccc1c(S(=O)(=O)OCC3(C)C(=O)OC(C)(C)OC3=O)cccc21. The molecule has 0 amide bonds. The maximum Gasteiger partial charge on any atom is 0.328 e. The highest BCUT2D eigenvalue weighted by Crippen LogP contribution is 2.41. The summed E-state index contributed by atoms with van der Waals surface area (Å²) in [5.41, 5.74) is 2.14. The van der Waals surface area contributed by atoms with Crippen LogP contribution in [0.1, 0.15) is 72.1 Å². The molecule has 0 atom stereocenters. The lowest BCUT2D eigenvalue weighted by Crippen LogP contribution is -2.54. The van der Waals surface area contributed by atoms with Crippen molar-refractivity contribution in [1.82, 2.24) is 0 Å². The van der Waals surface area contributed by atoms with E-state index in [0.717, 1.165) is 64.0 Å². The Balaban J connectivity index is 0.918. The molecule has 1 aromatic heterocycles. The van der Waals surface area contributed by atoms with Crippen LogP contribution >= 0.6 is 11.6 Å². The number of ether oxygens (including phenoxy) is 4. The van der Waals surface area contributed by atoms with Gasteiger partial charge in [0.2, 0.25) is 11.2 Å². The monoisotopic (exact) mass is 1050 g/mol. The molecule has 4 aliphatic rings. The van der Waals surface area contributed by atoms with Crippen molar-refractivity contribution in [3.8, 4) is 0 Å². The third-order valence-electron chi connectivity index (χ3n) is 13.5. The number of hydrogen-bond acceptors (Lipinski definition) is 15. The number of carbonyl (C=O) groups is 4. The number of anilines is 1. The van der Waals surface area contributed by atoms with Crippen LogP contribution in [0.4, 0.5) is 5.69 Å². The Hall–Kier alpha value is -6.70. The van der Waals surface area contributed by atoms with E-state index in [2.05, 4.69) is 0 Å². The summed E-state index contributed by atoms with van der Waals surface area (Å²) in [7, 11) is -5.11. The molecular formula is C54H52ClN2O14S2+. The average molecular weight is 1050 g/mol. The van der Waals surface area contributed by atoms with Gasteiger partial charge in [0.1, 0.15) is 16.8 Å². The van der Waals surface area contributed by atoms with Crippen molar-refractivity contribution >= 4 is 106 Å². The molecule has 5 aromatic rings. The number of fused-ring (bicyclic) bond motifs is 6. The van der Waals surface area contributed by atoms with Gasteiger partial charge in [-0.25, -0.2) is 0 Å². The van der Waals surface area contributed by atoms with Crippen LogP contribution in [-0.2, 0) is 73.8 Å². The number of benzene rings is 4. The molecule has 4 heterocycles. The third-order valence-corrected chi connectivity index (χ3v) is 16.6. The van der Waals surface area contributed by atoms with E-state index >= 15 is 0 Å². The number of rotatable bonds is 11. The minimum Gasteiger partial charge on any atom is -0.422 e. The quantitative estimate of drug-likeness (QED) is 0.0400. The summed E-state index contributed by atoms with van der Waals surface area (Å²) >= 11 is 7.10. The second-order valence-electron chi connectivity index (χ2n) is 19.7. The molecule has 9 rings (SSSR count). The molecule has 73 heavy (non-hydrogen) atoms. The highest BCUT2D eigenvalue weighted by Gasteiger charge is 2.55. The van der Waals surface area contributed by atoms with E-state index in [9.17, 15) is 36.0 Å². The Morgan fingerprint density at radius 2 is 1.15 bits per heavy atom. The first-order valence-corrected chi connectivity index (χ1v) is 26.5. The van der Waals surface area contributed by atoms with E-state index in [0.29, 0.717) is 26.6 Å². The third kappa shape index (κ3) is 9.35. The first-order valence-electron chi connectivity index (χ1n) is 23.3. The van der Waals surface area contributed by atoms with Crippen LogP contribution in [0.2, 0.25) is 0 Å². The summed E-state index contributed by atoms with van der Waals surface area (Å²) in [5, 5.41) is 3.53. The number of allylic oxidation sites excluding steroid dienone is 7. The summed E-state index contributed by atoms with van der Waals surface area (Å²) in [5.74, 6) is -6.76. The number of cyclic esters (lactones) is 4. The smallest absolute Gasteiger partial charge is 0.328 e. The predicted octanol–water partition coefficient (Wildman–Crippen LogP) is 8.73. The fourth-order valence-corrected chi connectivity index (χ4v) is 11.8. The number of carbonyl (C=O) groups excluding carboxylic acids is 4. The van der Waals surface area contributed by atoms with Crippen molar-refractivity contribution in [2.75, 3.05) is 25.2 Å². The van der Waals surface area contributed by atoms with Crippen LogP contribution < -0.4 is 9.47 Å². The zero-order valence-corrected chi connectivity index (χ0v) is 43.6. The van der Waals surface area contributed by atoms with Crippen LogP contribution in [0.5, 0.6) is 0 Å². The van der Waals surface area contributed by atoms with E-state index < -0.39 is 79.7 Å². The fraction of sp³-hybridized carbons (Fsp3) is 0.315. The molecule has 0 spiro atoms. The number of likely N-dealkylation sites (N-methyl/N-ethyl adjacent to an activating group) is 1. The molecule has 19 heteroatoms. The molecule has 16 nitrogen and oxygen atoms in total. The summed E-state index contributed by atoms with van der Waals surface area (Å²) < 4.78 is 88.1. The molecule has 2 fully saturated rings. The molecule has 0 bridgehead atoms. The van der Waals surface area contributed by atoms with E-state index in [1.165, 1.54) is 53.7 Å². The summed E-state index contributed by atoms with van der Waals surface area (Å²) in [6, 6.07) is 20.6. The lowest BCUT2D eigenvalue weighted by Gasteiger charge is -2.37. The fourth-order valence-electron chi connectivity index (χ4n) is 9.11.